The summed E-state index contributed by atoms with van der Waals surface area (Å²) in [6, 6.07) is 2.58. The Morgan fingerprint density at radius 3 is 3.00 bits per heavy atom. The monoisotopic (exact) mass is 366 g/mol. The van der Waals surface area contributed by atoms with Crippen LogP contribution in [0.25, 0.3) is 0 Å². The van der Waals surface area contributed by atoms with E-state index in [1.165, 1.54) is 6.92 Å². The Hall–Kier alpha value is -1.60. The molecule has 0 bridgehead atoms. The first-order chi connectivity index (χ1) is 12.7. The third-order valence-corrected chi connectivity index (χ3v) is 4.64. The lowest BCUT2D eigenvalue weighted by Crippen LogP contribution is -2.34. The SMILES string of the molecule is [2H]N(c1ccc(F)cc1Cl)S(=O)(=O)[C@H]1C(C(=O)OCC)=CC([2H])([2H])CC1([2H])[2H]. The van der Waals surface area contributed by atoms with Crippen LogP contribution < -0.4 is 4.72 Å². The van der Waals surface area contributed by atoms with Crippen LogP contribution in [-0.2, 0) is 19.6 Å². The van der Waals surface area contributed by atoms with Gasteiger partial charge in [0, 0.05) is 5.48 Å². The summed E-state index contributed by atoms with van der Waals surface area (Å²) in [5.74, 6) is -1.98. The fourth-order valence-corrected chi connectivity index (χ4v) is 3.47. The first kappa shape index (κ1) is 11.9. The van der Waals surface area contributed by atoms with Crippen molar-refractivity contribution >= 4 is 33.3 Å². The Morgan fingerprint density at radius 2 is 2.35 bits per heavy atom. The molecule has 1 aromatic rings. The van der Waals surface area contributed by atoms with Crippen LogP contribution in [0.4, 0.5) is 10.1 Å². The number of anilines is 1. The van der Waals surface area contributed by atoms with Crippen LogP contribution in [0.15, 0.2) is 29.8 Å². The Bertz CT molecular complexity index is 925. The number of carbonyl (C=O) groups is 1. The van der Waals surface area contributed by atoms with Crippen LogP contribution in [0.5, 0.6) is 0 Å². The van der Waals surface area contributed by atoms with E-state index in [2.05, 4.69) is 0 Å². The summed E-state index contributed by atoms with van der Waals surface area (Å²) >= 11 is 5.81. The molecule has 1 atom stereocenters. The third kappa shape index (κ3) is 4.23. The fourth-order valence-electron chi connectivity index (χ4n) is 1.89. The average Bonchev–Trinajstić information content (AvgIpc) is 2.51. The van der Waals surface area contributed by atoms with Crippen molar-refractivity contribution in [1.29, 1.82) is 0 Å². The second-order valence-corrected chi connectivity index (χ2v) is 6.58. The molecule has 0 aliphatic heterocycles. The van der Waals surface area contributed by atoms with Gasteiger partial charge in [0.25, 0.3) is 0 Å². The number of hydrogen-bond acceptors (Lipinski definition) is 4. The number of carbonyl (C=O) groups excluding carboxylic acids is 1. The van der Waals surface area contributed by atoms with E-state index in [0.717, 1.165) is 18.2 Å². The molecule has 0 heterocycles. The minimum Gasteiger partial charge on any atom is -0.463 e. The van der Waals surface area contributed by atoms with Gasteiger partial charge in [-0.25, -0.2) is 17.6 Å². The van der Waals surface area contributed by atoms with Gasteiger partial charge in [0.1, 0.15) is 11.1 Å². The van der Waals surface area contributed by atoms with Gasteiger partial charge in [-0.2, -0.15) is 0 Å². The molecule has 8 heteroatoms. The third-order valence-electron chi connectivity index (χ3n) is 2.87. The molecule has 0 aromatic heterocycles. The van der Waals surface area contributed by atoms with E-state index in [9.17, 15) is 17.6 Å². The van der Waals surface area contributed by atoms with Crippen molar-refractivity contribution in [2.75, 3.05) is 11.3 Å². The van der Waals surface area contributed by atoms with Crippen molar-refractivity contribution in [2.24, 2.45) is 0 Å². The molecule has 0 saturated heterocycles. The highest BCUT2D eigenvalue weighted by atomic mass is 35.5. The van der Waals surface area contributed by atoms with Crippen LogP contribution in [0.1, 0.15) is 31.6 Å². The molecule has 2 rings (SSSR count). The molecular weight excluding hydrogens is 345 g/mol. The van der Waals surface area contributed by atoms with Gasteiger partial charge >= 0.3 is 5.97 Å². The van der Waals surface area contributed by atoms with Crippen molar-refractivity contribution in [3.8, 4) is 0 Å². The van der Waals surface area contributed by atoms with Crippen LogP contribution >= 0.6 is 11.6 Å². The van der Waals surface area contributed by atoms with E-state index >= 15 is 0 Å². The summed E-state index contributed by atoms with van der Waals surface area (Å²) in [5, 5.41) is -2.63. The molecule has 0 amide bonds. The lowest BCUT2D eigenvalue weighted by Gasteiger charge is -2.24. The number of allylic oxidation sites excluding steroid dienone is 1. The van der Waals surface area contributed by atoms with Gasteiger partial charge in [0.15, 0.2) is 1.41 Å². The zero-order valence-corrected chi connectivity index (χ0v) is 13.6. The molecule has 1 aromatic carbocycles. The first-order valence-electron chi connectivity index (χ1n) is 9.05. The Balaban J connectivity index is 2.63. The van der Waals surface area contributed by atoms with E-state index in [4.69, 9.17) is 23.2 Å². The molecule has 1 N–H and O–H groups in total. The lowest BCUT2D eigenvalue weighted by atomic mass is 9.99. The van der Waals surface area contributed by atoms with Crippen molar-refractivity contribution in [1.82, 2.24) is 0 Å². The van der Waals surface area contributed by atoms with Gasteiger partial charge in [0.2, 0.25) is 10.0 Å². The zero-order valence-electron chi connectivity index (χ0n) is 17.0. The number of rotatable bonds is 5. The zero-order chi connectivity index (χ0) is 21.5. The number of nitrogens with one attached hydrogen (secondary N) is 1. The van der Waals surface area contributed by atoms with Gasteiger partial charge in [-0.3, -0.25) is 4.72 Å². The quantitative estimate of drug-likeness (QED) is 0.812. The minimum atomic E-state index is -4.94. The highest BCUT2D eigenvalue weighted by molar-refractivity contribution is 7.93. The average molecular weight is 367 g/mol. The number of hydrogen-bond donors (Lipinski definition) is 1. The second kappa shape index (κ2) is 7.31. The second-order valence-electron chi connectivity index (χ2n) is 4.49. The van der Waals surface area contributed by atoms with Crippen LogP contribution in [0.2, 0.25) is 6.43 Å². The maximum Gasteiger partial charge on any atom is 0.335 e. The van der Waals surface area contributed by atoms with Crippen molar-refractivity contribution in [3.05, 3.63) is 40.7 Å². The molecule has 0 saturated carbocycles. The maximum absolute atomic E-state index is 13.2. The molecule has 0 fully saturated rings. The van der Waals surface area contributed by atoms with Gasteiger partial charge in [-0.1, -0.05) is 17.7 Å². The van der Waals surface area contributed by atoms with Gasteiger partial charge < -0.3 is 4.74 Å². The molecule has 5 nitrogen and oxygen atoms in total. The highest BCUT2D eigenvalue weighted by Gasteiger charge is 2.35. The first-order valence-corrected chi connectivity index (χ1v) is 8.49. The summed E-state index contributed by atoms with van der Waals surface area (Å²) < 4.78 is 83.7. The lowest BCUT2D eigenvalue weighted by molar-refractivity contribution is -0.138. The van der Waals surface area contributed by atoms with E-state index in [-0.39, 0.29) is 11.3 Å². The van der Waals surface area contributed by atoms with Crippen LogP contribution in [0.3, 0.4) is 0 Å². The van der Waals surface area contributed by atoms with E-state index in [1.807, 2.05) is 0 Å². The van der Waals surface area contributed by atoms with Crippen LogP contribution in [-0.4, -0.2) is 26.2 Å². The number of ether oxygens (including phenoxy) is 1. The molecule has 1 aliphatic carbocycles. The molecule has 0 spiro atoms. The number of benzene rings is 1. The normalized spacial score (nSPS) is 25.8. The summed E-state index contributed by atoms with van der Waals surface area (Å²) in [5.41, 5.74) is -1.20. The molecule has 0 radical (unpaired) electrons. The molecular formula is C15H17ClFNO4S. The van der Waals surface area contributed by atoms with Gasteiger partial charge in [-0.05, 0) is 44.3 Å². The van der Waals surface area contributed by atoms with Crippen molar-refractivity contribution < 1.29 is 29.2 Å². The number of esters is 1. The van der Waals surface area contributed by atoms with Crippen molar-refractivity contribution in [3.63, 3.8) is 0 Å². The molecule has 1 aliphatic rings. The topological polar surface area (TPSA) is 72.5 Å². The van der Waals surface area contributed by atoms with E-state index in [1.54, 1.807) is 0 Å². The predicted octanol–water partition coefficient (Wildman–Crippen LogP) is 3.26. The Morgan fingerprint density at radius 1 is 1.61 bits per heavy atom. The standard InChI is InChI=1S/C15H17ClFNO4S/c1-2-22-15(19)11-5-3-4-6-14(11)23(20,21)18-13-8-7-10(17)9-12(13)16/h5,7-9,14,18H,2-4,6H2,1H3/t14-/m1/s1/i3D2,6D2/hD. The summed E-state index contributed by atoms with van der Waals surface area (Å²) in [4.78, 5) is 12.3. The Kier molecular flexibility index (Phi) is 3.77. The summed E-state index contributed by atoms with van der Waals surface area (Å²) in [6.45, 7) is 1.30. The van der Waals surface area contributed by atoms with E-state index < -0.39 is 62.5 Å². The minimum absolute atomic E-state index is 0.0920. The van der Waals surface area contributed by atoms with Crippen molar-refractivity contribution in [2.45, 2.75) is 31.3 Å². The van der Waals surface area contributed by atoms with Crippen LogP contribution in [0, 0.1) is 5.82 Å². The molecule has 126 valence electrons. The summed E-state index contributed by atoms with van der Waals surface area (Å²) in [6.07, 6.45) is -5.21. The number of sulfonamides is 1. The largest absolute Gasteiger partial charge is 0.463 e. The smallest absolute Gasteiger partial charge is 0.335 e. The molecule has 23 heavy (non-hydrogen) atoms. The van der Waals surface area contributed by atoms with Gasteiger partial charge in [0.05, 0.1) is 22.9 Å². The number of halogens is 2. The van der Waals surface area contributed by atoms with E-state index in [0.29, 0.717) is 6.08 Å². The van der Waals surface area contributed by atoms with Gasteiger partial charge in [-0.15, -0.1) is 0 Å². The maximum atomic E-state index is 13.2. The predicted molar refractivity (Wildman–Crippen MR) is 86.3 cm³/mol. The molecule has 0 unspecified atom stereocenters. The summed E-state index contributed by atoms with van der Waals surface area (Å²) in [7, 11) is -4.94. The Labute approximate surface area is 146 Å². The fraction of sp³-hybridized carbons (Fsp3) is 0.400. The highest BCUT2D eigenvalue weighted by Crippen LogP contribution is 2.30.